The molecule has 3 N–H and O–H groups in total. The number of allylic oxidation sites excluding steroid dienone is 4. The summed E-state index contributed by atoms with van der Waals surface area (Å²) in [6.45, 7) is 10.7. The maximum Gasteiger partial charge on any atom is 0.0849 e. The molecule has 3 heteroatoms. The van der Waals surface area contributed by atoms with Crippen LogP contribution >= 0.6 is 0 Å². The van der Waals surface area contributed by atoms with Crippen molar-refractivity contribution in [3.8, 4) is 0 Å². The molecule has 3 saturated carbocycles. The highest BCUT2D eigenvalue weighted by atomic mass is 16.3. The summed E-state index contributed by atoms with van der Waals surface area (Å²) < 4.78 is 0. The lowest BCUT2D eigenvalue weighted by molar-refractivity contribution is -0.00903. The smallest absolute Gasteiger partial charge is 0.0849 e. The van der Waals surface area contributed by atoms with E-state index >= 15 is 0 Å². The number of rotatable bonds is 7. The summed E-state index contributed by atoms with van der Waals surface area (Å²) in [5.41, 5.74) is 3.53. The van der Waals surface area contributed by atoms with E-state index in [9.17, 15) is 15.3 Å². The largest absolute Gasteiger partial charge is 0.393 e. The number of hydrogen-bond donors (Lipinski definition) is 3. The fourth-order valence-electron chi connectivity index (χ4n) is 6.49. The minimum Gasteiger partial charge on any atom is -0.393 e. The van der Waals surface area contributed by atoms with Gasteiger partial charge in [-0.3, -0.25) is 0 Å². The molecule has 3 nitrogen and oxygen atoms in total. The van der Waals surface area contributed by atoms with Gasteiger partial charge < -0.3 is 15.3 Å². The first-order valence-corrected chi connectivity index (χ1v) is 12.2. The molecule has 0 aromatic carbocycles. The standard InChI is InChI=1S/C27H44O3/c1-19-7-11-24(29)17-22(19)9-8-21-13-15-27(4)23(16-21)10-12-25(27)20(2)6-5-14-26(3,30)18-28/h8-9,20,23-25,28-30H,1,5-7,10-18H2,2-4H3/b21-8-,22-9-/t20-,23+,24+,25-,26?,27+/m1/s1. The van der Waals surface area contributed by atoms with Gasteiger partial charge in [-0.25, -0.2) is 0 Å². The highest BCUT2D eigenvalue weighted by Gasteiger charge is 2.49. The monoisotopic (exact) mass is 416 g/mol. The summed E-state index contributed by atoms with van der Waals surface area (Å²) in [5, 5.41) is 29.3. The van der Waals surface area contributed by atoms with Crippen molar-refractivity contribution in [2.75, 3.05) is 6.61 Å². The molecule has 0 amide bonds. The second-order valence-corrected chi connectivity index (χ2v) is 11.1. The van der Waals surface area contributed by atoms with Gasteiger partial charge in [-0.1, -0.05) is 56.6 Å². The highest BCUT2D eigenvalue weighted by molar-refractivity contribution is 5.35. The molecule has 0 aliphatic heterocycles. The maximum atomic E-state index is 10.1. The van der Waals surface area contributed by atoms with Crippen molar-refractivity contribution in [1.29, 1.82) is 0 Å². The van der Waals surface area contributed by atoms with E-state index in [1.165, 1.54) is 43.3 Å². The fourth-order valence-corrected chi connectivity index (χ4v) is 6.49. The van der Waals surface area contributed by atoms with E-state index in [0.29, 0.717) is 17.8 Å². The predicted octanol–water partition coefficient (Wildman–Crippen LogP) is 5.71. The summed E-state index contributed by atoms with van der Waals surface area (Å²) in [5.74, 6) is 2.23. The Balaban J connectivity index is 1.57. The molecule has 0 radical (unpaired) electrons. The van der Waals surface area contributed by atoms with Crippen molar-refractivity contribution in [3.05, 3.63) is 35.5 Å². The molecule has 0 heterocycles. The molecule has 3 rings (SSSR count). The number of aliphatic hydroxyl groups is 3. The Bertz CT molecular complexity index is 674. The van der Waals surface area contributed by atoms with Crippen LogP contribution in [0.25, 0.3) is 0 Å². The van der Waals surface area contributed by atoms with E-state index in [1.807, 2.05) is 0 Å². The first-order chi connectivity index (χ1) is 14.1. The topological polar surface area (TPSA) is 60.7 Å². The van der Waals surface area contributed by atoms with Crippen LogP contribution in [-0.4, -0.2) is 33.6 Å². The Hall–Kier alpha value is -0.900. The molecule has 0 spiro atoms. The minimum absolute atomic E-state index is 0.151. The lowest BCUT2D eigenvalue weighted by Crippen LogP contribution is -2.35. The van der Waals surface area contributed by atoms with Crippen LogP contribution in [-0.2, 0) is 0 Å². The van der Waals surface area contributed by atoms with E-state index in [1.54, 1.807) is 12.5 Å². The summed E-state index contributed by atoms with van der Waals surface area (Å²) in [6, 6.07) is 0. The second kappa shape index (κ2) is 9.71. The molecule has 3 aliphatic rings. The number of hydrogen-bond acceptors (Lipinski definition) is 3. The van der Waals surface area contributed by atoms with E-state index in [2.05, 4.69) is 32.6 Å². The third kappa shape index (κ3) is 5.47. The zero-order valence-electron chi connectivity index (χ0n) is 19.5. The molecular weight excluding hydrogens is 372 g/mol. The van der Waals surface area contributed by atoms with Crippen molar-refractivity contribution < 1.29 is 15.3 Å². The molecule has 30 heavy (non-hydrogen) atoms. The van der Waals surface area contributed by atoms with Crippen LogP contribution < -0.4 is 0 Å². The Morgan fingerprint density at radius 2 is 1.97 bits per heavy atom. The Morgan fingerprint density at radius 3 is 2.70 bits per heavy atom. The van der Waals surface area contributed by atoms with Gasteiger partial charge in [0.05, 0.1) is 18.3 Å². The van der Waals surface area contributed by atoms with Gasteiger partial charge in [0, 0.05) is 0 Å². The molecule has 0 aromatic heterocycles. The highest BCUT2D eigenvalue weighted by Crippen LogP contribution is 2.59. The summed E-state index contributed by atoms with van der Waals surface area (Å²) >= 11 is 0. The lowest BCUT2D eigenvalue weighted by Gasteiger charge is -2.44. The summed E-state index contributed by atoms with van der Waals surface area (Å²) in [7, 11) is 0. The van der Waals surface area contributed by atoms with Crippen LogP contribution in [0.1, 0.15) is 91.4 Å². The molecule has 170 valence electrons. The van der Waals surface area contributed by atoms with Crippen molar-refractivity contribution in [2.24, 2.45) is 23.2 Å². The van der Waals surface area contributed by atoms with Gasteiger partial charge in [0.15, 0.2) is 0 Å². The molecule has 3 aliphatic carbocycles. The van der Waals surface area contributed by atoms with Crippen LogP contribution in [0.3, 0.4) is 0 Å². The van der Waals surface area contributed by atoms with E-state index in [0.717, 1.165) is 43.9 Å². The second-order valence-electron chi connectivity index (χ2n) is 11.1. The van der Waals surface area contributed by atoms with Crippen LogP contribution in [0, 0.1) is 23.2 Å². The van der Waals surface area contributed by atoms with Crippen molar-refractivity contribution >= 4 is 0 Å². The lowest BCUT2D eigenvalue weighted by atomic mass is 9.61. The minimum atomic E-state index is -0.930. The Morgan fingerprint density at radius 1 is 1.20 bits per heavy atom. The van der Waals surface area contributed by atoms with Gasteiger partial charge in [0.1, 0.15) is 0 Å². The molecule has 1 unspecified atom stereocenters. The molecular formula is C27H44O3. The van der Waals surface area contributed by atoms with Gasteiger partial charge in [-0.15, -0.1) is 0 Å². The summed E-state index contributed by atoms with van der Waals surface area (Å²) in [4.78, 5) is 0. The SMILES string of the molecule is C=C1CC[C@H](O)C/C1=C/C=C1/CC[C@@]2(C)[C@@H](CC[C@@H]2[C@H](C)CCCC(C)(O)CO)C1. The Kier molecular flexibility index (Phi) is 7.69. The van der Waals surface area contributed by atoms with Crippen molar-refractivity contribution in [1.82, 2.24) is 0 Å². The van der Waals surface area contributed by atoms with Gasteiger partial charge in [0.2, 0.25) is 0 Å². The number of aliphatic hydroxyl groups excluding tert-OH is 2. The van der Waals surface area contributed by atoms with Crippen LogP contribution in [0.15, 0.2) is 35.5 Å². The summed E-state index contributed by atoms with van der Waals surface area (Å²) in [6.07, 6.45) is 16.1. The van der Waals surface area contributed by atoms with Gasteiger partial charge in [0.25, 0.3) is 0 Å². The van der Waals surface area contributed by atoms with E-state index in [4.69, 9.17) is 0 Å². The zero-order valence-corrected chi connectivity index (χ0v) is 19.5. The first kappa shape index (κ1) is 23.8. The quantitative estimate of drug-likeness (QED) is 0.498. The van der Waals surface area contributed by atoms with Gasteiger partial charge in [-0.2, -0.15) is 0 Å². The molecule has 0 bridgehead atoms. The number of fused-ring (bicyclic) bond motifs is 1. The van der Waals surface area contributed by atoms with E-state index in [-0.39, 0.29) is 12.7 Å². The van der Waals surface area contributed by atoms with Gasteiger partial charge >= 0.3 is 0 Å². The fraction of sp³-hybridized carbons (Fsp3) is 0.778. The van der Waals surface area contributed by atoms with Gasteiger partial charge in [-0.05, 0) is 93.5 Å². The third-order valence-corrected chi connectivity index (χ3v) is 8.71. The van der Waals surface area contributed by atoms with Crippen LogP contribution in [0.2, 0.25) is 0 Å². The molecule has 0 saturated heterocycles. The van der Waals surface area contributed by atoms with Crippen molar-refractivity contribution in [2.45, 2.75) is 103 Å². The maximum absolute atomic E-state index is 10.1. The van der Waals surface area contributed by atoms with E-state index < -0.39 is 5.60 Å². The van der Waals surface area contributed by atoms with Crippen molar-refractivity contribution in [3.63, 3.8) is 0 Å². The Labute approximate surface area is 184 Å². The zero-order chi connectivity index (χ0) is 21.9. The molecule has 3 fully saturated rings. The first-order valence-electron chi connectivity index (χ1n) is 12.2. The normalized spacial score (nSPS) is 37.9. The van der Waals surface area contributed by atoms with Crippen LogP contribution in [0.5, 0.6) is 0 Å². The molecule has 0 aromatic rings. The average molecular weight is 417 g/mol. The van der Waals surface area contributed by atoms with Crippen LogP contribution in [0.4, 0.5) is 0 Å². The molecule has 6 atom stereocenters. The average Bonchev–Trinajstić information content (AvgIpc) is 3.05. The third-order valence-electron chi connectivity index (χ3n) is 8.71. The predicted molar refractivity (Wildman–Crippen MR) is 124 cm³/mol.